The van der Waals surface area contributed by atoms with Crippen molar-refractivity contribution < 1.29 is 17.8 Å². The SMILES string of the molecule is Cc1ccc(-c2cnc(N3CCCC(F)(F)CC3)c(C(=O)Nc3cccc(S(C)(=N)=O)c3)c2C)cc1. The Labute approximate surface area is 210 Å². The van der Waals surface area contributed by atoms with Crippen molar-refractivity contribution in [3.05, 3.63) is 71.4 Å². The summed E-state index contributed by atoms with van der Waals surface area (Å²) in [5.74, 6) is -2.81. The number of aryl methyl sites for hydroxylation is 1. The van der Waals surface area contributed by atoms with E-state index in [1.165, 1.54) is 12.3 Å². The van der Waals surface area contributed by atoms with Gasteiger partial charge in [-0.1, -0.05) is 35.9 Å². The Morgan fingerprint density at radius 2 is 1.83 bits per heavy atom. The Morgan fingerprint density at radius 3 is 2.53 bits per heavy atom. The molecule has 190 valence electrons. The van der Waals surface area contributed by atoms with Gasteiger partial charge in [0.25, 0.3) is 5.91 Å². The van der Waals surface area contributed by atoms with E-state index in [2.05, 4.69) is 10.3 Å². The number of nitrogens with zero attached hydrogens (tertiary/aromatic N) is 2. The second-order valence-electron chi connectivity index (χ2n) is 9.38. The number of alkyl halides is 2. The predicted molar refractivity (Wildman–Crippen MR) is 140 cm³/mol. The number of nitrogens with one attached hydrogen (secondary N) is 2. The van der Waals surface area contributed by atoms with Gasteiger partial charge in [0.05, 0.1) is 15.3 Å². The molecule has 9 heteroatoms. The molecular formula is C27H30F2N4O2S. The summed E-state index contributed by atoms with van der Waals surface area (Å²) >= 11 is 0. The molecule has 1 saturated heterocycles. The minimum absolute atomic E-state index is 0.0931. The van der Waals surface area contributed by atoms with Gasteiger partial charge in [0.15, 0.2) is 0 Å². The molecule has 0 aliphatic carbocycles. The Morgan fingerprint density at radius 1 is 1.11 bits per heavy atom. The number of halogens is 2. The van der Waals surface area contributed by atoms with Crippen molar-refractivity contribution in [3.63, 3.8) is 0 Å². The number of rotatable bonds is 5. The van der Waals surface area contributed by atoms with Gasteiger partial charge in [-0.25, -0.2) is 22.8 Å². The molecule has 2 N–H and O–H groups in total. The average Bonchev–Trinajstić information content (AvgIpc) is 2.99. The number of benzene rings is 2. The highest BCUT2D eigenvalue weighted by Gasteiger charge is 2.33. The Bertz CT molecular complexity index is 1390. The number of aromatic nitrogens is 1. The van der Waals surface area contributed by atoms with E-state index in [4.69, 9.17) is 4.78 Å². The lowest BCUT2D eigenvalue weighted by atomic mass is 9.97. The summed E-state index contributed by atoms with van der Waals surface area (Å²) in [4.78, 5) is 20.4. The first-order valence-corrected chi connectivity index (χ1v) is 13.8. The normalized spacial score (nSPS) is 17.2. The van der Waals surface area contributed by atoms with Crippen molar-refractivity contribution in [1.29, 1.82) is 4.78 Å². The maximum Gasteiger partial charge on any atom is 0.259 e. The molecule has 0 saturated carbocycles. The van der Waals surface area contributed by atoms with Crippen LogP contribution in [0, 0.1) is 18.6 Å². The molecule has 1 atom stereocenters. The first-order chi connectivity index (χ1) is 16.9. The van der Waals surface area contributed by atoms with Crippen LogP contribution in [-0.2, 0) is 9.73 Å². The maximum atomic E-state index is 14.1. The van der Waals surface area contributed by atoms with E-state index in [1.54, 1.807) is 29.3 Å². The number of anilines is 2. The molecule has 0 spiro atoms. The standard InChI is InChI=1S/C27H30F2N4O2S/c1-18-8-10-20(11-9-18)23-17-31-25(33-14-5-12-27(28,29)13-15-33)24(19(23)2)26(34)32-21-6-4-7-22(16-21)36(3,30)35/h4,6-11,16-17,30H,5,12-15H2,1-3H3,(H,32,34). The highest BCUT2D eigenvalue weighted by Crippen LogP contribution is 2.35. The number of carbonyl (C=O) groups excluding carboxylic acids is 1. The average molecular weight is 513 g/mol. The molecule has 1 aliphatic rings. The Balaban J connectivity index is 1.78. The number of hydrogen-bond acceptors (Lipinski definition) is 5. The van der Waals surface area contributed by atoms with Gasteiger partial charge in [0.2, 0.25) is 5.92 Å². The maximum absolute atomic E-state index is 14.1. The fourth-order valence-electron chi connectivity index (χ4n) is 4.41. The molecule has 2 aromatic carbocycles. The van der Waals surface area contributed by atoms with E-state index in [-0.39, 0.29) is 19.4 Å². The molecular weight excluding hydrogens is 482 g/mol. The summed E-state index contributed by atoms with van der Waals surface area (Å²) in [6, 6.07) is 14.3. The largest absolute Gasteiger partial charge is 0.356 e. The smallest absolute Gasteiger partial charge is 0.259 e. The summed E-state index contributed by atoms with van der Waals surface area (Å²) in [6.45, 7) is 4.29. The quantitative estimate of drug-likeness (QED) is 0.421. The zero-order valence-corrected chi connectivity index (χ0v) is 21.4. The van der Waals surface area contributed by atoms with Crippen LogP contribution in [0.3, 0.4) is 0 Å². The van der Waals surface area contributed by atoms with E-state index in [0.717, 1.165) is 16.7 Å². The van der Waals surface area contributed by atoms with Crippen LogP contribution in [-0.4, -0.2) is 40.4 Å². The highest BCUT2D eigenvalue weighted by atomic mass is 32.2. The van der Waals surface area contributed by atoms with Gasteiger partial charge in [-0.05, 0) is 49.6 Å². The van der Waals surface area contributed by atoms with Crippen LogP contribution in [0.1, 0.15) is 40.7 Å². The van der Waals surface area contributed by atoms with Crippen LogP contribution < -0.4 is 10.2 Å². The molecule has 0 radical (unpaired) electrons. The molecule has 3 aromatic rings. The van der Waals surface area contributed by atoms with Gasteiger partial charge in [-0.3, -0.25) is 4.79 Å². The van der Waals surface area contributed by atoms with Crippen LogP contribution in [0.15, 0.2) is 59.6 Å². The minimum Gasteiger partial charge on any atom is -0.356 e. The third kappa shape index (κ3) is 5.73. The van der Waals surface area contributed by atoms with Gasteiger partial charge >= 0.3 is 0 Å². The van der Waals surface area contributed by atoms with E-state index >= 15 is 0 Å². The summed E-state index contributed by atoms with van der Waals surface area (Å²) in [5.41, 5.74) is 4.18. The minimum atomic E-state index is -2.96. The third-order valence-electron chi connectivity index (χ3n) is 6.47. The second-order valence-corrected chi connectivity index (χ2v) is 11.5. The summed E-state index contributed by atoms with van der Waals surface area (Å²) in [7, 11) is -2.96. The van der Waals surface area contributed by atoms with Gasteiger partial charge in [-0.15, -0.1) is 0 Å². The van der Waals surface area contributed by atoms with Gasteiger partial charge in [0, 0.05) is 54.5 Å². The lowest BCUT2D eigenvalue weighted by molar-refractivity contribution is -0.0102. The first-order valence-electron chi connectivity index (χ1n) is 11.8. The first kappa shape index (κ1) is 25.8. The highest BCUT2D eigenvalue weighted by molar-refractivity contribution is 7.91. The Kier molecular flexibility index (Phi) is 7.13. The summed E-state index contributed by atoms with van der Waals surface area (Å²) in [6.07, 6.45) is 2.82. The van der Waals surface area contributed by atoms with Crippen LogP contribution in [0.25, 0.3) is 11.1 Å². The third-order valence-corrected chi connectivity index (χ3v) is 7.62. The van der Waals surface area contributed by atoms with Crippen molar-refractivity contribution in [2.45, 2.75) is 43.9 Å². The zero-order valence-electron chi connectivity index (χ0n) is 20.6. The second kappa shape index (κ2) is 9.97. The molecule has 0 bridgehead atoms. The fraction of sp³-hybridized carbons (Fsp3) is 0.333. The van der Waals surface area contributed by atoms with Crippen molar-refractivity contribution in [2.24, 2.45) is 0 Å². The van der Waals surface area contributed by atoms with E-state index in [1.807, 2.05) is 38.1 Å². The van der Waals surface area contributed by atoms with Crippen molar-refractivity contribution >= 4 is 27.1 Å². The predicted octanol–water partition coefficient (Wildman–Crippen LogP) is 6.28. The summed E-state index contributed by atoms with van der Waals surface area (Å²) in [5, 5.41) is 2.85. The number of pyridine rings is 1. The van der Waals surface area contributed by atoms with E-state index in [9.17, 15) is 17.8 Å². The van der Waals surface area contributed by atoms with Crippen LogP contribution in [0.5, 0.6) is 0 Å². The van der Waals surface area contributed by atoms with E-state index in [0.29, 0.717) is 40.5 Å². The summed E-state index contributed by atoms with van der Waals surface area (Å²) < 4.78 is 48.2. The molecule has 1 unspecified atom stereocenters. The number of carbonyl (C=O) groups is 1. The molecule has 1 amide bonds. The number of hydrogen-bond donors (Lipinski definition) is 2. The fourth-order valence-corrected chi connectivity index (χ4v) is 5.10. The lowest BCUT2D eigenvalue weighted by Crippen LogP contribution is -2.30. The van der Waals surface area contributed by atoms with Gasteiger partial charge < -0.3 is 10.2 Å². The van der Waals surface area contributed by atoms with Crippen LogP contribution in [0.4, 0.5) is 20.3 Å². The topological polar surface area (TPSA) is 86.2 Å². The molecule has 6 nitrogen and oxygen atoms in total. The zero-order chi connectivity index (χ0) is 26.1. The van der Waals surface area contributed by atoms with Crippen molar-refractivity contribution in [1.82, 2.24) is 4.98 Å². The van der Waals surface area contributed by atoms with Gasteiger partial charge in [0.1, 0.15) is 5.82 Å². The molecule has 1 aliphatic heterocycles. The molecule has 4 rings (SSSR count). The van der Waals surface area contributed by atoms with Crippen LogP contribution in [0.2, 0.25) is 0 Å². The molecule has 36 heavy (non-hydrogen) atoms. The monoisotopic (exact) mass is 512 g/mol. The van der Waals surface area contributed by atoms with Gasteiger partial charge in [-0.2, -0.15) is 0 Å². The molecule has 1 fully saturated rings. The van der Waals surface area contributed by atoms with Crippen LogP contribution >= 0.6 is 0 Å². The Hall–Kier alpha value is -3.33. The molecule has 2 heterocycles. The number of amides is 1. The van der Waals surface area contributed by atoms with Crippen molar-refractivity contribution in [2.75, 3.05) is 29.6 Å². The lowest BCUT2D eigenvalue weighted by Gasteiger charge is -2.26. The molecule has 1 aromatic heterocycles. The van der Waals surface area contributed by atoms with E-state index < -0.39 is 21.6 Å². The van der Waals surface area contributed by atoms with Crippen molar-refractivity contribution in [3.8, 4) is 11.1 Å².